The van der Waals surface area contributed by atoms with Gasteiger partial charge in [-0.1, -0.05) is 27.7 Å². The lowest BCUT2D eigenvalue weighted by Gasteiger charge is -2.07. The predicted octanol–water partition coefficient (Wildman–Crippen LogP) is 2.31. The van der Waals surface area contributed by atoms with Crippen LogP contribution < -0.4 is 5.56 Å². The maximum absolute atomic E-state index is 12.7. The van der Waals surface area contributed by atoms with Crippen LogP contribution in [-0.2, 0) is 0 Å². The van der Waals surface area contributed by atoms with E-state index in [0.29, 0.717) is 16.5 Å². The number of fused-ring (bicyclic) bond motifs is 3. The van der Waals surface area contributed by atoms with Crippen LogP contribution in [0.25, 0.3) is 22.5 Å². The van der Waals surface area contributed by atoms with Crippen LogP contribution in [0.5, 0.6) is 0 Å². The van der Waals surface area contributed by atoms with Crippen molar-refractivity contribution in [2.75, 3.05) is 6.26 Å². The number of hydrogen-bond acceptors (Lipinski definition) is 6. The van der Waals surface area contributed by atoms with Crippen LogP contribution in [0.15, 0.2) is 51.0 Å². The van der Waals surface area contributed by atoms with Gasteiger partial charge in [0.2, 0.25) is 5.16 Å². The molecule has 0 saturated carbocycles. The zero-order valence-corrected chi connectivity index (χ0v) is 14.2. The van der Waals surface area contributed by atoms with Crippen LogP contribution in [0.4, 0.5) is 0 Å². The minimum atomic E-state index is -0.250. The third kappa shape index (κ3) is 2.32. The number of pyridine rings is 1. The summed E-state index contributed by atoms with van der Waals surface area (Å²) < 4.78 is 4.02. The van der Waals surface area contributed by atoms with E-state index < -0.39 is 0 Å². The molecule has 0 aliphatic rings. The van der Waals surface area contributed by atoms with Gasteiger partial charge in [0, 0.05) is 16.4 Å². The Kier molecular flexibility index (Phi) is 3.38. The number of halogens is 1. The third-order valence-corrected chi connectivity index (χ3v) is 4.44. The molecular weight excluding hydrogens is 380 g/mol. The van der Waals surface area contributed by atoms with Gasteiger partial charge >= 0.3 is 0 Å². The largest absolute Gasteiger partial charge is 0.285 e. The molecule has 0 spiro atoms. The van der Waals surface area contributed by atoms with Crippen molar-refractivity contribution in [3.05, 3.63) is 51.4 Å². The van der Waals surface area contributed by atoms with Gasteiger partial charge in [-0.25, -0.2) is 0 Å². The van der Waals surface area contributed by atoms with Crippen molar-refractivity contribution in [3.63, 3.8) is 0 Å². The maximum atomic E-state index is 12.7. The van der Waals surface area contributed by atoms with E-state index in [1.54, 1.807) is 16.8 Å². The fourth-order valence-corrected chi connectivity index (χ4v) is 2.88. The molecule has 0 aliphatic heterocycles. The van der Waals surface area contributed by atoms with Crippen LogP contribution in [0.3, 0.4) is 0 Å². The fourth-order valence-electron chi connectivity index (χ4n) is 2.28. The van der Waals surface area contributed by atoms with Crippen LogP contribution >= 0.6 is 27.7 Å². The molecule has 0 bridgehead atoms. The van der Waals surface area contributed by atoms with Gasteiger partial charge in [0.1, 0.15) is 5.52 Å². The van der Waals surface area contributed by atoms with Crippen molar-refractivity contribution in [3.8, 4) is 5.69 Å². The van der Waals surface area contributed by atoms with Crippen LogP contribution in [-0.4, -0.2) is 35.6 Å². The van der Waals surface area contributed by atoms with Gasteiger partial charge in [-0.3, -0.25) is 9.36 Å². The third-order valence-electron chi connectivity index (χ3n) is 3.37. The molecule has 3 aromatic heterocycles. The Morgan fingerprint density at radius 1 is 1.13 bits per heavy atom. The van der Waals surface area contributed by atoms with Crippen molar-refractivity contribution in [2.45, 2.75) is 5.16 Å². The molecule has 4 aromatic rings. The van der Waals surface area contributed by atoms with E-state index in [9.17, 15) is 4.79 Å². The second-order valence-electron chi connectivity index (χ2n) is 4.71. The molecule has 7 nitrogen and oxygen atoms in total. The molecule has 0 unspecified atom stereocenters. The summed E-state index contributed by atoms with van der Waals surface area (Å²) in [4.78, 5) is 16.9. The normalized spacial score (nSPS) is 11.4. The Bertz CT molecular complexity index is 1090. The summed E-state index contributed by atoms with van der Waals surface area (Å²) in [6.45, 7) is 0. The molecule has 3 heterocycles. The first kappa shape index (κ1) is 14.3. The summed E-state index contributed by atoms with van der Waals surface area (Å²) in [5.41, 5.74) is 1.34. The maximum Gasteiger partial charge on any atom is 0.285 e. The first-order chi connectivity index (χ1) is 11.2. The molecule has 0 N–H and O–H groups in total. The molecule has 0 aliphatic carbocycles. The summed E-state index contributed by atoms with van der Waals surface area (Å²) in [5, 5.41) is 12.9. The molecule has 0 fully saturated rings. The molecule has 0 saturated heterocycles. The number of aromatic nitrogens is 6. The lowest BCUT2D eigenvalue weighted by Crippen LogP contribution is -2.20. The highest BCUT2D eigenvalue weighted by molar-refractivity contribution is 9.10. The average molecular weight is 389 g/mol. The number of benzene rings is 1. The van der Waals surface area contributed by atoms with Gasteiger partial charge in [0.25, 0.3) is 11.3 Å². The van der Waals surface area contributed by atoms with Crippen LogP contribution in [0.1, 0.15) is 0 Å². The Morgan fingerprint density at radius 2 is 1.91 bits per heavy atom. The van der Waals surface area contributed by atoms with Crippen molar-refractivity contribution < 1.29 is 0 Å². The van der Waals surface area contributed by atoms with Gasteiger partial charge in [-0.05, 0) is 36.6 Å². The first-order valence-electron chi connectivity index (χ1n) is 6.62. The van der Waals surface area contributed by atoms with Crippen molar-refractivity contribution >= 4 is 44.5 Å². The molecule has 0 atom stereocenters. The van der Waals surface area contributed by atoms with E-state index in [-0.39, 0.29) is 11.1 Å². The quantitative estimate of drug-likeness (QED) is 0.490. The second kappa shape index (κ2) is 5.43. The highest BCUT2D eigenvalue weighted by atomic mass is 79.9. The summed E-state index contributed by atoms with van der Waals surface area (Å²) in [7, 11) is 0. The standard InChI is InChI=1S/C14H9BrN6OS/c1-23-14-16-13-18-17-11-10(21(13)19-14)6-7-20(12(11)22)9-4-2-8(15)3-5-9/h2-7H,1H3. The number of rotatable bonds is 2. The lowest BCUT2D eigenvalue weighted by atomic mass is 10.3. The van der Waals surface area contributed by atoms with Gasteiger partial charge in [0.15, 0.2) is 5.52 Å². The smallest absolute Gasteiger partial charge is 0.282 e. The molecular formula is C14H9BrN6OS. The zero-order valence-electron chi connectivity index (χ0n) is 11.8. The number of thioether (sulfide) groups is 1. The van der Waals surface area contributed by atoms with Gasteiger partial charge in [-0.2, -0.15) is 9.50 Å². The summed E-state index contributed by atoms with van der Waals surface area (Å²) in [5.74, 6) is 0.377. The summed E-state index contributed by atoms with van der Waals surface area (Å²) in [6, 6.07) is 9.25. The van der Waals surface area contributed by atoms with Crippen molar-refractivity contribution in [1.82, 2.24) is 29.4 Å². The van der Waals surface area contributed by atoms with E-state index in [2.05, 4.69) is 36.2 Å². The molecule has 1 aromatic carbocycles. The summed E-state index contributed by atoms with van der Waals surface area (Å²) >= 11 is 4.79. The average Bonchev–Trinajstić information content (AvgIpc) is 3.00. The predicted molar refractivity (Wildman–Crippen MR) is 91.2 cm³/mol. The molecule has 114 valence electrons. The molecule has 0 amide bonds. The number of nitrogens with zero attached hydrogens (tertiary/aromatic N) is 6. The van der Waals surface area contributed by atoms with Crippen LogP contribution in [0, 0.1) is 0 Å². The SMILES string of the molecule is CSc1nc2nnc3c(=O)n(-c4ccc(Br)cc4)ccc3n2n1. The monoisotopic (exact) mass is 388 g/mol. The minimum Gasteiger partial charge on any atom is -0.282 e. The van der Waals surface area contributed by atoms with E-state index in [0.717, 1.165) is 10.2 Å². The first-order valence-corrected chi connectivity index (χ1v) is 8.64. The van der Waals surface area contributed by atoms with E-state index >= 15 is 0 Å². The highest BCUT2D eigenvalue weighted by Crippen LogP contribution is 2.16. The summed E-state index contributed by atoms with van der Waals surface area (Å²) in [6.07, 6.45) is 3.58. The highest BCUT2D eigenvalue weighted by Gasteiger charge is 2.13. The van der Waals surface area contributed by atoms with Gasteiger partial charge in [0.05, 0.1) is 0 Å². The second-order valence-corrected chi connectivity index (χ2v) is 6.40. The molecule has 4 rings (SSSR count). The number of hydrogen-bond donors (Lipinski definition) is 0. The molecule has 9 heteroatoms. The Morgan fingerprint density at radius 3 is 2.65 bits per heavy atom. The lowest BCUT2D eigenvalue weighted by molar-refractivity contribution is 0.885. The Balaban J connectivity index is 2.00. The Hall–Kier alpha value is -2.26. The van der Waals surface area contributed by atoms with Crippen molar-refractivity contribution in [2.24, 2.45) is 0 Å². The van der Waals surface area contributed by atoms with Gasteiger partial charge in [-0.15, -0.1) is 15.3 Å². The topological polar surface area (TPSA) is 78.0 Å². The van der Waals surface area contributed by atoms with Crippen LogP contribution in [0.2, 0.25) is 0 Å². The van der Waals surface area contributed by atoms with Crippen molar-refractivity contribution in [1.29, 1.82) is 0 Å². The van der Waals surface area contributed by atoms with E-state index in [1.165, 1.54) is 16.3 Å². The minimum absolute atomic E-state index is 0.250. The van der Waals surface area contributed by atoms with Gasteiger partial charge < -0.3 is 0 Å². The fraction of sp³-hybridized carbons (Fsp3) is 0.0714. The van der Waals surface area contributed by atoms with E-state index in [4.69, 9.17) is 0 Å². The van der Waals surface area contributed by atoms with E-state index in [1.807, 2.05) is 30.5 Å². The Labute approximate surface area is 142 Å². The zero-order chi connectivity index (χ0) is 16.0. The molecule has 23 heavy (non-hydrogen) atoms. The molecule has 0 radical (unpaired) electrons.